The van der Waals surface area contributed by atoms with E-state index in [9.17, 15) is 4.79 Å². The molecule has 0 aliphatic carbocycles. The number of hydrogen-bond acceptors (Lipinski definition) is 5. The topological polar surface area (TPSA) is 90.0 Å². The van der Waals surface area contributed by atoms with Gasteiger partial charge in [-0.2, -0.15) is 5.10 Å². The summed E-state index contributed by atoms with van der Waals surface area (Å²) in [5.41, 5.74) is 1.61. The van der Waals surface area contributed by atoms with Gasteiger partial charge in [0.1, 0.15) is 5.82 Å². The number of nitrogens with zero attached hydrogens (tertiary/aromatic N) is 6. The fraction of sp³-hybridized carbons (Fsp3) is 0.400. The Morgan fingerprint density at radius 3 is 3.17 bits per heavy atom. The van der Waals surface area contributed by atoms with Crippen molar-refractivity contribution in [3.8, 4) is 0 Å². The van der Waals surface area contributed by atoms with Gasteiger partial charge in [-0.05, 0) is 18.9 Å². The highest BCUT2D eigenvalue weighted by Gasteiger charge is 2.20. The second kappa shape index (κ2) is 5.79. The minimum Gasteiger partial charge on any atom is -0.345 e. The highest BCUT2D eigenvalue weighted by atomic mass is 16.2. The van der Waals surface area contributed by atoms with Crippen molar-refractivity contribution in [1.29, 1.82) is 0 Å². The third-order valence-corrected chi connectivity index (χ3v) is 4.10. The molecule has 1 amide bonds. The average molecular weight is 311 g/mol. The Kier molecular flexibility index (Phi) is 3.49. The molecule has 3 aromatic rings. The molecule has 0 unspecified atom stereocenters. The molecule has 0 saturated carbocycles. The van der Waals surface area contributed by atoms with Gasteiger partial charge >= 0.3 is 0 Å². The van der Waals surface area contributed by atoms with Crippen LogP contribution in [0, 0.1) is 0 Å². The molecule has 118 valence electrons. The minimum atomic E-state index is -0.207. The Balaban J connectivity index is 1.51. The van der Waals surface area contributed by atoms with Crippen molar-refractivity contribution in [2.75, 3.05) is 0 Å². The van der Waals surface area contributed by atoms with E-state index in [0.29, 0.717) is 12.4 Å². The van der Waals surface area contributed by atoms with Gasteiger partial charge in [0.2, 0.25) is 5.82 Å². The molecule has 0 spiro atoms. The lowest BCUT2D eigenvalue weighted by Gasteiger charge is -2.07. The molecule has 23 heavy (non-hydrogen) atoms. The Hall–Kier alpha value is -2.77. The zero-order valence-electron chi connectivity index (χ0n) is 12.6. The molecule has 0 bridgehead atoms. The predicted molar refractivity (Wildman–Crippen MR) is 81.7 cm³/mol. The van der Waals surface area contributed by atoms with Gasteiger partial charge in [0, 0.05) is 37.5 Å². The van der Waals surface area contributed by atoms with Crippen molar-refractivity contribution in [3.63, 3.8) is 0 Å². The van der Waals surface area contributed by atoms with Crippen LogP contribution in [0.1, 0.15) is 41.3 Å². The van der Waals surface area contributed by atoms with Crippen molar-refractivity contribution >= 4 is 11.6 Å². The molecule has 0 aromatic carbocycles. The molecule has 8 nitrogen and oxygen atoms in total. The predicted octanol–water partition coefficient (Wildman–Crippen LogP) is 0.977. The van der Waals surface area contributed by atoms with Crippen LogP contribution in [0.5, 0.6) is 0 Å². The Bertz CT molecular complexity index is 851. The van der Waals surface area contributed by atoms with E-state index in [1.54, 1.807) is 16.9 Å². The zero-order chi connectivity index (χ0) is 15.6. The van der Waals surface area contributed by atoms with Crippen LogP contribution >= 0.6 is 0 Å². The Morgan fingerprint density at radius 2 is 2.22 bits per heavy atom. The fourth-order valence-corrected chi connectivity index (χ4v) is 2.91. The van der Waals surface area contributed by atoms with Gasteiger partial charge in [-0.1, -0.05) is 6.42 Å². The molecule has 4 heterocycles. The first-order chi connectivity index (χ1) is 11.3. The standard InChI is InChI=1S/C15H17N7O/c23-15(14-20-19-12-5-2-1-3-7-21(12)14)17-9-11-10-18-22-8-4-6-16-13(11)22/h4,6,8,10H,1-3,5,7,9H2,(H,17,23). The lowest BCUT2D eigenvalue weighted by atomic mass is 10.2. The first-order valence-electron chi connectivity index (χ1n) is 7.80. The van der Waals surface area contributed by atoms with Crippen molar-refractivity contribution < 1.29 is 4.79 Å². The molecule has 8 heteroatoms. The maximum atomic E-state index is 12.4. The highest BCUT2D eigenvalue weighted by molar-refractivity contribution is 5.90. The summed E-state index contributed by atoms with van der Waals surface area (Å²) >= 11 is 0. The van der Waals surface area contributed by atoms with E-state index in [1.807, 2.05) is 16.8 Å². The fourth-order valence-electron chi connectivity index (χ4n) is 2.91. The van der Waals surface area contributed by atoms with Gasteiger partial charge in [-0.25, -0.2) is 9.50 Å². The monoisotopic (exact) mass is 311 g/mol. The van der Waals surface area contributed by atoms with Crippen molar-refractivity contribution in [1.82, 2.24) is 34.7 Å². The zero-order valence-corrected chi connectivity index (χ0v) is 12.6. The molecule has 0 radical (unpaired) electrons. The third-order valence-electron chi connectivity index (χ3n) is 4.10. The van der Waals surface area contributed by atoms with Crippen LogP contribution in [0.4, 0.5) is 0 Å². The van der Waals surface area contributed by atoms with E-state index in [1.165, 1.54) is 6.42 Å². The van der Waals surface area contributed by atoms with Crippen LogP contribution in [-0.2, 0) is 19.5 Å². The summed E-state index contributed by atoms with van der Waals surface area (Å²) in [4.78, 5) is 16.7. The summed E-state index contributed by atoms with van der Waals surface area (Å²) in [5.74, 6) is 1.09. The molecule has 0 atom stereocenters. The minimum absolute atomic E-state index is 0.207. The van der Waals surface area contributed by atoms with Crippen LogP contribution in [0.2, 0.25) is 0 Å². The smallest absolute Gasteiger partial charge is 0.289 e. The first-order valence-corrected chi connectivity index (χ1v) is 7.80. The van der Waals surface area contributed by atoms with Gasteiger partial charge in [-0.3, -0.25) is 4.79 Å². The van der Waals surface area contributed by atoms with E-state index in [-0.39, 0.29) is 5.91 Å². The van der Waals surface area contributed by atoms with Crippen LogP contribution in [0.15, 0.2) is 24.7 Å². The van der Waals surface area contributed by atoms with Crippen molar-refractivity contribution in [2.45, 2.75) is 38.8 Å². The number of amides is 1. The normalized spacial score (nSPS) is 14.4. The highest BCUT2D eigenvalue weighted by Crippen LogP contribution is 2.14. The summed E-state index contributed by atoms with van der Waals surface area (Å²) < 4.78 is 3.63. The second-order valence-electron chi connectivity index (χ2n) is 5.64. The van der Waals surface area contributed by atoms with E-state index < -0.39 is 0 Å². The number of carbonyl (C=O) groups excluding carboxylic acids is 1. The van der Waals surface area contributed by atoms with Crippen LogP contribution < -0.4 is 5.32 Å². The Morgan fingerprint density at radius 1 is 1.26 bits per heavy atom. The first kappa shape index (κ1) is 13.9. The summed E-state index contributed by atoms with van der Waals surface area (Å²) in [6.45, 7) is 1.17. The largest absolute Gasteiger partial charge is 0.345 e. The molecule has 1 aliphatic heterocycles. The molecule has 4 rings (SSSR count). The number of nitrogens with one attached hydrogen (secondary N) is 1. The number of aryl methyl sites for hydroxylation is 1. The maximum absolute atomic E-state index is 12.4. The van der Waals surface area contributed by atoms with Gasteiger partial charge in [0.15, 0.2) is 5.65 Å². The molecule has 0 fully saturated rings. The van der Waals surface area contributed by atoms with Gasteiger partial charge in [0.25, 0.3) is 5.91 Å². The van der Waals surface area contributed by atoms with E-state index >= 15 is 0 Å². The van der Waals surface area contributed by atoms with Crippen molar-refractivity contribution in [3.05, 3.63) is 41.9 Å². The molecular formula is C15H17N7O. The van der Waals surface area contributed by atoms with Crippen molar-refractivity contribution in [2.24, 2.45) is 0 Å². The van der Waals surface area contributed by atoms with Crippen LogP contribution in [-0.4, -0.2) is 35.3 Å². The number of fused-ring (bicyclic) bond motifs is 2. The number of carbonyl (C=O) groups is 1. The molecule has 0 saturated heterocycles. The van der Waals surface area contributed by atoms with Crippen LogP contribution in [0.25, 0.3) is 5.65 Å². The second-order valence-corrected chi connectivity index (χ2v) is 5.64. The molecule has 1 aliphatic rings. The summed E-state index contributed by atoms with van der Waals surface area (Å²) in [7, 11) is 0. The molecule has 1 N–H and O–H groups in total. The van der Waals surface area contributed by atoms with Gasteiger partial charge < -0.3 is 9.88 Å². The van der Waals surface area contributed by atoms with E-state index in [4.69, 9.17) is 0 Å². The molecular weight excluding hydrogens is 294 g/mol. The lowest BCUT2D eigenvalue weighted by Crippen LogP contribution is -2.26. The number of hydrogen-bond donors (Lipinski definition) is 1. The third kappa shape index (κ3) is 2.56. The van der Waals surface area contributed by atoms with Gasteiger partial charge in [0.05, 0.1) is 6.20 Å². The molecule has 3 aromatic heterocycles. The Labute approximate surface area is 132 Å². The van der Waals surface area contributed by atoms with Gasteiger partial charge in [-0.15, -0.1) is 10.2 Å². The maximum Gasteiger partial charge on any atom is 0.289 e. The average Bonchev–Trinajstić information content (AvgIpc) is 3.10. The van der Waals surface area contributed by atoms with E-state index in [0.717, 1.165) is 42.8 Å². The summed E-state index contributed by atoms with van der Waals surface area (Å²) in [5, 5.41) is 15.3. The number of rotatable bonds is 3. The summed E-state index contributed by atoms with van der Waals surface area (Å²) in [6, 6.07) is 1.81. The van der Waals surface area contributed by atoms with Crippen LogP contribution in [0.3, 0.4) is 0 Å². The SMILES string of the molecule is O=C(NCc1cnn2cccnc12)c1nnc2n1CCCCC2. The summed E-state index contributed by atoms with van der Waals surface area (Å²) in [6.07, 6.45) is 9.47. The quantitative estimate of drug-likeness (QED) is 0.778. The number of aromatic nitrogens is 6. The van der Waals surface area contributed by atoms with E-state index in [2.05, 4.69) is 25.6 Å². The lowest BCUT2D eigenvalue weighted by molar-refractivity contribution is 0.0935.